The first-order chi connectivity index (χ1) is 8.67. The zero-order valence-corrected chi connectivity index (χ0v) is 11.1. The summed E-state index contributed by atoms with van der Waals surface area (Å²) in [5, 5.41) is 11.0. The zero-order valence-electron chi connectivity index (χ0n) is 11.1. The van der Waals surface area contributed by atoms with Crippen molar-refractivity contribution in [1.29, 1.82) is 0 Å². The molecule has 2 atom stereocenters. The van der Waals surface area contributed by atoms with Crippen LogP contribution in [0.1, 0.15) is 46.0 Å². The highest BCUT2D eigenvalue weighted by molar-refractivity contribution is 5.84. The molecule has 0 saturated carbocycles. The number of carbonyl (C=O) groups is 2. The summed E-state index contributed by atoms with van der Waals surface area (Å²) in [5.74, 6) is -2.22. The molecule has 0 fully saturated rings. The maximum atomic E-state index is 12.0. The topological polar surface area (TPSA) is 66.4 Å². The van der Waals surface area contributed by atoms with Gasteiger partial charge in [-0.05, 0) is 26.2 Å². The smallest absolute Gasteiger partial charge is 0.389 e. The fourth-order valence-corrected chi connectivity index (χ4v) is 1.70. The van der Waals surface area contributed by atoms with Gasteiger partial charge < -0.3 is 10.4 Å². The summed E-state index contributed by atoms with van der Waals surface area (Å²) >= 11 is 0. The molecule has 112 valence electrons. The number of rotatable bonds is 8. The molecule has 0 aromatic rings. The van der Waals surface area contributed by atoms with E-state index in [4.69, 9.17) is 5.11 Å². The molecule has 0 aromatic heterocycles. The molecule has 0 aliphatic carbocycles. The van der Waals surface area contributed by atoms with Crippen molar-refractivity contribution in [1.82, 2.24) is 5.32 Å². The van der Waals surface area contributed by atoms with Gasteiger partial charge in [0.2, 0.25) is 5.91 Å². The van der Waals surface area contributed by atoms with Gasteiger partial charge in [0.15, 0.2) is 0 Å². The number of alkyl halides is 3. The zero-order chi connectivity index (χ0) is 15.1. The van der Waals surface area contributed by atoms with Crippen molar-refractivity contribution in [2.45, 2.75) is 58.2 Å². The maximum Gasteiger partial charge on any atom is 0.389 e. The van der Waals surface area contributed by atoms with Gasteiger partial charge in [-0.3, -0.25) is 9.59 Å². The molecule has 0 saturated heterocycles. The van der Waals surface area contributed by atoms with Gasteiger partial charge in [0.25, 0.3) is 0 Å². The van der Waals surface area contributed by atoms with E-state index in [2.05, 4.69) is 5.32 Å². The van der Waals surface area contributed by atoms with Crippen LogP contribution in [0.4, 0.5) is 13.2 Å². The normalized spacial score (nSPS) is 14.8. The van der Waals surface area contributed by atoms with Crippen LogP contribution in [-0.4, -0.2) is 29.2 Å². The predicted octanol–water partition coefficient (Wildman–Crippen LogP) is 2.72. The van der Waals surface area contributed by atoms with E-state index in [0.29, 0.717) is 12.8 Å². The summed E-state index contributed by atoms with van der Waals surface area (Å²) in [6.45, 7) is 3.14. The van der Waals surface area contributed by atoms with Crippen LogP contribution in [0.15, 0.2) is 0 Å². The van der Waals surface area contributed by atoms with Crippen LogP contribution in [-0.2, 0) is 9.59 Å². The lowest BCUT2D eigenvalue weighted by Gasteiger charge is -2.18. The van der Waals surface area contributed by atoms with Gasteiger partial charge in [0.1, 0.15) is 6.04 Å². The number of hydrogen-bond acceptors (Lipinski definition) is 2. The first kappa shape index (κ1) is 17.7. The van der Waals surface area contributed by atoms with Gasteiger partial charge in [0.05, 0.1) is 0 Å². The second kappa shape index (κ2) is 8.01. The van der Waals surface area contributed by atoms with E-state index in [0.717, 1.165) is 0 Å². The quantitative estimate of drug-likeness (QED) is 0.719. The van der Waals surface area contributed by atoms with Crippen LogP contribution in [0, 0.1) is 5.92 Å². The highest BCUT2D eigenvalue weighted by atomic mass is 19.4. The predicted molar refractivity (Wildman–Crippen MR) is 63.5 cm³/mol. The average Bonchev–Trinajstić information content (AvgIpc) is 2.25. The number of carboxylic acid groups (broad SMARTS) is 1. The molecule has 4 nitrogen and oxygen atoms in total. The Bertz CT molecular complexity index is 305. The second-order valence-corrected chi connectivity index (χ2v) is 4.56. The second-order valence-electron chi connectivity index (χ2n) is 4.56. The van der Waals surface area contributed by atoms with Crippen LogP contribution >= 0.6 is 0 Å². The Morgan fingerprint density at radius 1 is 1.26 bits per heavy atom. The van der Waals surface area contributed by atoms with Crippen LogP contribution in [0.3, 0.4) is 0 Å². The Morgan fingerprint density at radius 3 is 2.26 bits per heavy atom. The molecule has 7 heteroatoms. The minimum absolute atomic E-state index is 0.117. The highest BCUT2D eigenvalue weighted by Crippen LogP contribution is 2.25. The van der Waals surface area contributed by atoms with Crippen molar-refractivity contribution in [3.8, 4) is 0 Å². The van der Waals surface area contributed by atoms with E-state index in [1.165, 1.54) is 6.92 Å². The van der Waals surface area contributed by atoms with Gasteiger partial charge in [-0.2, -0.15) is 13.2 Å². The van der Waals surface area contributed by atoms with Crippen LogP contribution in [0.2, 0.25) is 0 Å². The van der Waals surface area contributed by atoms with Crippen LogP contribution < -0.4 is 5.32 Å². The summed E-state index contributed by atoms with van der Waals surface area (Å²) < 4.78 is 36.1. The minimum atomic E-state index is -4.22. The van der Waals surface area contributed by atoms with Crippen molar-refractivity contribution < 1.29 is 27.9 Å². The van der Waals surface area contributed by atoms with E-state index in [9.17, 15) is 22.8 Å². The maximum absolute atomic E-state index is 12.0. The van der Waals surface area contributed by atoms with Crippen molar-refractivity contribution in [2.75, 3.05) is 0 Å². The molecule has 0 spiro atoms. The summed E-state index contributed by atoms with van der Waals surface area (Å²) in [6.07, 6.45) is -4.03. The molecule has 0 bridgehead atoms. The van der Waals surface area contributed by atoms with Gasteiger partial charge in [0, 0.05) is 12.3 Å². The van der Waals surface area contributed by atoms with E-state index in [-0.39, 0.29) is 12.8 Å². The number of aliphatic carboxylic acids is 1. The van der Waals surface area contributed by atoms with E-state index >= 15 is 0 Å². The Hall–Kier alpha value is -1.27. The first-order valence-electron chi connectivity index (χ1n) is 6.27. The number of carbonyl (C=O) groups excluding carboxylic acids is 1. The molecule has 0 aliphatic heterocycles. The summed E-state index contributed by atoms with van der Waals surface area (Å²) in [4.78, 5) is 22.3. The molecule has 0 aliphatic rings. The van der Waals surface area contributed by atoms with Crippen LogP contribution in [0.5, 0.6) is 0 Å². The molecular formula is C12H20F3NO3. The van der Waals surface area contributed by atoms with Crippen LogP contribution in [0.25, 0.3) is 0 Å². The van der Waals surface area contributed by atoms with Crippen molar-refractivity contribution >= 4 is 11.9 Å². The number of halogens is 3. The monoisotopic (exact) mass is 283 g/mol. The largest absolute Gasteiger partial charge is 0.480 e. The molecule has 19 heavy (non-hydrogen) atoms. The standard InChI is InChI=1S/C12H20F3NO3/c1-3-5-9(6-4-7-12(13,14)15)10(17)16-8(2)11(18)19/h8-9H,3-7H2,1-2H3,(H,16,17)(H,18,19). The molecular weight excluding hydrogens is 263 g/mol. The number of hydrogen-bond donors (Lipinski definition) is 2. The summed E-state index contributed by atoms with van der Waals surface area (Å²) in [5.41, 5.74) is 0. The van der Waals surface area contributed by atoms with E-state index in [1.807, 2.05) is 6.92 Å². The molecule has 1 amide bonds. The SMILES string of the molecule is CCCC(CCCC(F)(F)F)C(=O)NC(C)C(=O)O. The Labute approximate surface area is 110 Å². The molecule has 0 heterocycles. The minimum Gasteiger partial charge on any atom is -0.480 e. The third kappa shape index (κ3) is 8.45. The Morgan fingerprint density at radius 2 is 1.84 bits per heavy atom. The third-order valence-electron chi connectivity index (χ3n) is 2.75. The van der Waals surface area contributed by atoms with Crippen molar-refractivity contribution in [3.63, 3.8) is 0 Å². The fourth-order valence-electron chi connectivity index (χ4n) is 1.70. The van der Waals surface area contributed by atoms with Gasteiger partial charge in [-0.25, -0.2) is 0 Å². The van der Waals surface area contributed by atoms with Crippen molar-refractivity contribution in [2.24, 2.45) is 5.92 Å². The number of carboxylic acids is 1. The lowest BCUT2D eigenvalue weighted by molar-refractivity contribution is -0.142. The summed E-state index contributed by atoms with van der Waals surface area (Å²) in [7, 11) is 0. The fraction of sp³-hybridized carbons (Fsp3) is 0.833. The third-order valence-corrected chi connectivity index (χ3v) is 2.75. The first-order valence-corrected chi connectivity index (χ1v) is 6.27. The van der Waals surface area contributed by atoms with Gasteiger partial charge in [-0.1, -0.05) is 13.3 Å². The van der Waals surface area contributed by atoms with Gasteiger partial charge >= 0.3 is 12.1 Å². The highest BCUT2D eigenvalue weighted by Gasteiger charge is 2.28. The lowest BCUT2D eigenvalue weighted by atomic mass is 9.95. The Kier molecular flexibility index (Phi) is 7.48. The molecule has 2 unspecified atom stereocenters. The molecule has 2 N–H and O–H groups in total. The molecule has 0 aromatic carbocycles. The van der Waals surface area contributed by atoms with E-state index < -0.39 is 36.4 Å². The summed E-state index contributed by atoms with van der Waals surface area (Å²) in [6, 6.07) is -1.03. The van der Waals surface area contributed by atoms with E-state index in [1.54, 1.807) is 0 Å². The molecule has 0 radical (unpaired) electrons. The number of nitrogens with one attached hydrogen (secondary N) is 1. The number of amides is 1. The molecule has 0 rings (SSSR count). The van der Waals surface area contributed by atoms with Crippen molar-refractivity contribution in [3.05, 3.63) is 0 Å². The van der Waals surface area contributed by atoms with Gasteiger partial charge in [-0.15, -0.1) is 0 Å². The Balaban J connectivity index is 4.30. The average molecular weight is 283 g/mol. The lowest BCUT2D eigenvalue weighted by Crippen LogP contribution is -2.41.